The molecule has 0 radical (unpaired) electrons. The summed E-state index contributed by atoms with van der Waals surface area (Å²) in [5.74, 6) is 0.747. The first kappa shape index (κ1) is 13.9. The number of amides is 1. The van der Waals surface area contributed by atoms with Crippen LogP contribution in [0.4, 0.5) is 0 Å². The van der Waals surface area contributed by atoms with Gasteiger partial charge in [-0.05, 0) is 25.3 Å². The number of hydrogen-bond acceptors (Lipinski definition) is 3. The minimum absolute atomic E-state index is 0.0300. The first-order valence-corrected chi connectivity index (χ1v) is 6.86. The molecule has 1 aromatic rings. The molecule has 0 heterocycles. The van der Waals surface area contributed by atoms with Gasteiger partial charge in [-0.3, -0.25) is 4.79 Å². The highest BCUT2D eigenvalue weighted by Crippen LogP contribution is 2.27. The van der Waals surface area contributed by atoms with E-state index in [4.69, 9.17) is 10.5 Å². The second-order valence-corrected chi connectivity index (χ2v) is 5.08. The molecule has 1 fully saturated rings. The molecule has 1 atom stereocenters. The summed E-state index contributed by atoms with van der Waals surface area (Å²) < 4.78 is 5.65. The number of rotatable bonds is 6. The van der Waals surface area contributed by atoms with Gasteiger partial charge in [0.05, 0.1) is 0 Å². The van der Waals surface area contributed by atoms with Gasteiger partial charge in [0.1, 0.15) is 5.75 Å². The highest BCUT2D eigenvalue weighted by Gasteiger charge is 2.29. The van der Waals surface area contributed by atoms with Gasteiger partial charge in [-0.15, -0.1) is 0 Å². The van der Waals surface area contributed by atoms with Gasteiger partial charge in [-0.1, -0.05) is 25.1 Å². The Morgan fingerprint density at radius 2 is 2.16 bits per heavy atom. The number of nitrogens with zero attached hydrogens (tertiary/aromatic N) is 1. The van der Waals surface area contributed by atoms with E-state index in [-0.39, 0.29) is 18.6 Å². The molecule has 0 bridgehead atoms. The van der Waals surface area contributed by atoms with E-state index in [1.807, 2.05) is 38.2 Å². The molecule has 0 unspecified atom stereocenters. The van der Waals surface area contributed by atoms with E-state index in [9.17, 15) is 4.79 Å². The fraction of sp³-hybridized carbons (Fsp3) is 0.533. The van der Waals surface area contributed by atoms with E-state index in [1.54, 1.807) is 4.90 Å². The third-order valence-corrected chi connectivity index (χ3v) is 3.60. The first-order valence-electron chi connectivity index (χ1n) is 6.86. The third-order valence-electron chi connectivity index (χ3n) is 3.60. The Labute approximate surface area is 114 Å². The molecule has 4 heteroatoms. The maximum absolute atomic E-state index is 11.9. The van der Waals surface area contributed by atoms with Gasteiger partial charge in [-0.2, -0.15) is 0 Å². The van der Waals surface area contributed by atoms with Crippen LogP contribution in [0.5, 0.6) is 5.75 Å². The molecule has 104 valence electrons. The zero-order valence-electron chi connectivity index (χ0n) is 11.6. The van der Waals surface area contributed by atoms with Gasteiger partial charge in [0.25, 0.3) is 5.91 Å². The lowest BCUT2D eigenvalue weighted by molar-refractivity contribution is -0.132. The molecular formula is C15H22N2O2. The predicted octanol–water partition coefficient (Wildman–Crippen LogP) is 2.10. The highest BCUT2D eigenvalue weighted by molar-refractivity contribution is 5.78. The minimum atomic E-state index is -0.0486. The SMILES string of the molecule is CC[C@H](N)c1ccccc1OCC(=O)N(C)C1CC1. The van der Waals surface area contributed by atoms with Crippen LogP contribution in [-0.2, 0) is 4.79 Å². The van der Waals surface area contributed by atoms with E-state index in [2.05, 4.69) is 0 Å². The van der Waals surface area contributed by atoms with Crippen LogP contribution in [0.3, 0.4) is 0 Å². The zero-order chi connectivity index (χ0) is 13.8. The smallest absolute Gasteiger partial charge is 0.260 e. The maximum Gasteiger partial charge on any atom is 0.260 e. The molecule has 1 aromatic carbocycles. The Morgan fingerprint density at radius 1 is 1.47 bits per heavy atom. The van der Waals surface area contributed by atoms with Crippen LogP contribution < -0.4 is 10.5 Å². The quantitative estimate of drug-likeness (QED) is 0.854. The second-order valence-electron chi connectivity index (χ2n) is 5.08. The summed E-state index contributed by atoms with van der Waals surface area (Å²) in [4.78, 5) is 13.7. The van der Waals surface area contributed by atoms with Gasteiger partial charge in [0.2, 0.25) is 0 Å². The summed E-state index contributed by atoms with van der Waals surface area (Å²) in [7, 11) is 1.84. The van der Waals surface area contributed by atoms with Crippen molar-refractivity contribution in [3.63, 3.8) is 0 Å². The summed E-state index contributed by atoms with van der Waals surface area (Å²) >= 11 is 0. The van der Waals surface area contributed by atoms with Gasteiger partial charge in [-0.25, -0.2) is 0 Å². The van der Waals surface area contributed by atoms with Crippen molar-refractivity contribution < 1.29 is 9.53 Å². The van der Waals surface area contributed by atoms with Crippen LogP contribution in [0, 0.1) is 0 Å². The molecule has 1 aliphatic rings. The average Bonchev–Trinajstić information content (AvgIpc) is 3.28. The maximum atomic E-state index is 11.9. The number of ether oxygens (including phenoxy) is 1. The number of likely N-dealkylation sites (N-methyl/N-ethyl adjacent to an activating group) is 1. The number of carbonyl (C=O) groups is 1. The molecule has 2 N–H and O–H groups in total. The van der Waals surface area contributed by atoms with E-state index in [0.29, 0.717) is 6.04 Å². The van der Waals surface area contributed by atoms with Crippen molar-refractivity contribution in [3.05, 3.63) is 29.8 Å². The molecule has 1 aliphatic carbocycles. The summed E-state index contributed by atoms with van der Waals surface area (Å²) in [6.45, 7) is 2.12. The lowest BCUT2D eigenvalue weighted by Gasteiger charge is -2.19. The lowest BCUT2D eigenvalue weighted by Crippen LogP contribution is -2.33. The fourth-order valence-corrected chi connectivity index (χ4v) is 2.04. The molecule has 0 saturated heterocycles. The molecule has 19 heavy (non-hydrogen) atoms. The van der Waals surface area contributed by atoms with Crippen molar-refractivity contribution in [2.24, 2.45) is 5.73 Å². The molecule has 0 spiro atoms. The highest BCUT2D eigenvalue weighted by atomic mass is 16.5. The number of hydrogen-bond donors (Lipinski definition) is 1. The minimum Gasteiger partial charge on any atom is -0.483 e. The number of para-hydroxylation sites is 1. The van der Waals surface area contributed by atoms with Crippen LogP contribution in [0.1, 0.15) is 37.8 Å². The van der Waals surface area contributed by atoms with E-state index in [0.717, 1.165) is 30.6 Å². The van der Waals surface area contributed by atoms with E-state index in [1.165, 1.54) is 0 Å². The summed E-state index contributed by atoms with van der Waals surface area (Å²) in [6.07, 6.45) is 3.06. The van der Waals surface area contributed by atoms with Gasteiger partial charge in [0.15, 0.2) is 6.61 Å². The Balaban J connectivity index is 1.96. The van der Waals surface area contributed by atoms with Crippen LogP contribution in [0.25, 0.3) is 0 Å². The topological polar surface area (TPSA) is 55.6 Å². The van der Waals surface area contributed by atoms with Gasteiger partial charge < -0.3 is 15.4 Å². The Morgan fingerprint density at radius 3 is 2.79 bits per heavy atom. The van der Waals surface area contributed by atoms with Crippen LogP contribution in [0.2, 0.25) is 0 Å². The normalized spacial score (nSPS) is 15.9. The number of benzene rings is 1. The van der Waals surface area contributed by atoms with Crippen molar-refractivity contribution in [1.29, 1.82) is 0 Å². The average molecular weight is 262 g/mol. The van der Waals surface area contributed by atoms with Crippen LogP contribution in [-0.4, -0.2) is 30.5 Å². The van der Waals surface area contributed by atoms with Crippen molar-refractivity contribution in [1.82, 2.24) is 4.90 Å². The summed E-state index contributed by atoms with van der Waals surface area (Å²) in [6, 6.07) is 8.04. The second kappa shape index (κ2) is 6.06. The largest absolute Gasteiger partial charge is 0.483 e. The van der Waals surface area contributed by atoms with Crippen LogP contribution in [0.15, 0.2) is 24.3 Å². The summed E-state index contributed by atoms with van der Waals surface area (Å²) in [5.41, 5.74) is 7.01. The molecule has 4 nitrogen and oxygen atoms in total. The zero-order valence-corrected chi connectivity index (χ0v) is 11.6. The molecule has 2 rings (SSSR count). The van der Waals surface area contributed by atoms with Gasteiger partial charge >= 0.3 is 0 Å². The molecule has 1 amide bonds. The number of carbonyl (C=O) groups excluding carboxylic acids is 1. The lowest BCUT2D eigenvalue weighted by atomic mass is 10.0. The van der Waals surface area contributed by atoms with Crippen molar-refractivity contribution >= 4 is 5.91 Å². The van der Waals surface area contributed by atoms with Crippen molar-refractivity contribution in [3.8, 4) is 5.75 Å². The molecule has 1 saturated carbocycles. The first-order chi connectivity index (χ1) is 9.13. The molecule has 0 aliphatic heterocycles. The Bertz CT molecular complexity index is 444. The third kappa shape index (κ3) is 3.47. The van der Waals surface area contributed by atoms with Crippen molar-refractivity contribution in [2.45, 2.75) is 38.3 Å². The molecular weight excluding hydrogens is 240 g/mol. The monoisotopic (exact) mass is 262 g/mol. The predicted molar refractivity (Wildman–Crippen MR) is 74.9 cm³/mol. The van der Waals surface area contributed by atoms with Gasteiger partial charge in [0, 0.05) is 24.7 Å². The van der Waals surface area contributed by atoms with Crippen LogP contribution >= 0.6 is 0 Å². The Hall–Kier alpha value is -1.55. The number of nitrogens with two attached hydrogens (primary N) is 1. The van der Waals surface area contributed by atoms with E-state index < -0.39 is 0 Å². The fourth-order valence-electron chi connectivity index (χ4n) is 2.04. The Kier molecular flexibility index (Phi) is 4.43. The van der Waals surface area contributed by atoms with Crippen molar-refractivity contribution in [2.75, 3.05) is 13.7 Å². The molecule has 0 aromatic heterocycles. The summed E-state index contributed by atoms with van der Waals surface area (Å²) in [5, 5.41) is 0. The standard InChI is InChI=1S/C15H22N2O2/c1-3-13(16)12-6-4-5-7-14(12)19-10-15(18)17(2)11-8-9-11/h4-7,11,13H,3,8-10,16H2,1-2H3/t13-/m0/s1. The van der Waals surface area contributed by atoms with E-state index >= 15 is 0 Å².